The van der Waals surface area contributed by atoms with E-state index in [1.807, 2.05) is 25.1 Å². The Balaban J connectivity index is 1.33. The standard InChI is InChI=1S/C25H29FN4O4/c1-17-15-23(30(28-17)19-9-7-18(26)8-10-19)27-24(31)16-29-13-11-20(12-14-29)34-25-21(32-2)5-4-6-22(25)33-3/h4-10,15,20H,11-14,16H2,1-3H3,(H,27,31). The summed E-state index contributed by atoms with van der Waals surface area (Å²) in [6.45, 7) is 3.56. The molecule has 1 fully saturated rings. The summed E-state index contributed by atoms with van der Waals surface area (Å²) in [4.78, 5) is 14.8. The van der Waals surface area contributed by atoms with Gasteiger partial charge in [-0.1, -0.05) is 6.07 Å². The van der Waals surface area contributed by atoms with Crippen molar-refractivity contribution in [1.29, 1.82) is 0 Å². The Hall–Kier alpha value is -3.59. The van der Waals surface area contributed by atoms with Gasteiger partial charge in [0.1, 0.15) is 17.7 Å². The molecule has 0 radical (unpaired) electrons. The van der Waals surface area contributed by atoms with Gasteiger partial charge in [-0.15, -0.1) is 0 Å². The van der Waals surface area contributed by atoms with E-state index >= 15 is 0 Å². The van der Waals surface area contributed by atoms with E-state index in [9.17, 15) is 9.18 Å². The zero-order valence-electron chi connectivity index (χ0n) is 19.6. The van der Waals surface area contributed by atoms with E-state index in [0.717, 1.165) is 31.6 Å². The van der Waals surface area contributed by atoms with Crippen LogP contribution in [0.2, 0.25) is 0 Å². The number of amides is 1. The number of halogens is 1. The van der Waals surface area contributed by atoms with Gasteiger partial charge in [0.25, 0.3) is 0 Å². The summed E-state index contributed by atoms with van der Waals surface area (Å²) in [6, 6.07) is 13.3. The Bertz CT molecular complexity index is 1100. The summed E-state index contributed by atoms with van der Waals surface area (Å²) in [5.74, 6) is 1.97. The van der Waals surface area contributed by atoms with Gasteiger partial charge in [-0.3, -0.25) is 9.69 Å². The van der Waals surface area contributed by atoms with E-state index in [-0.39, 0.29) is 24.4 Å². The molecule has 3 aromatic rings. The van der Waals surface area contributed by atoms with E-state index in [2.05, 4.69) is 15.3 Å². The molecule has 0 atom stereocenters. The first-order valence-corrected chi connectivity index (χ1v) is 11.2. The van der Waals surface area contributed by atoms with Crippen LogP contribution in [0.1, 0.15) is 18.5 Å². The van der Waals surface area contributed by atoms with Crippen LogP contribution in [0.3, 0.4) is 0 Å². The molecule has 8 nitrogen and oxygen atoms in total. The third kappa shape index (κ3) is 5.48. The minimum Gasteiger partial charge on any atom is -0.493 e. The summed E-state index contributed by atoms with van der Waals surface area (Å²) < 4.78 is 31.9. The minimum absolute atomic E-state index is 0.00655. The van der Waals surface area contributed by atoms with Crippen LogP contribution in [0.5, 0.6) is 17.2 Å². The lowest BCUT2D eigenvalue weighted by Crippen LogP contribution is -2.42. The molecule has 1 saturated heterocycles. The van der Waals surface area contributed by atoms with E-state index in [1.54, 1.807) is 37.1 Å². The fraction of sp³-hybridized carbons (Fsp3) is 0.360. The highest BCUT2D eigenvalue weighted by atomic mass is 19.1. The number of aryl methyl sites for hydroxylation is 1. The van der Waals surface area contributed by atoms with Crippen LogP contribution in [0, 0.1) is 12.7 Å². The lowest BCUT2D eigenvalue weighted by atomic mass is 10.1. The van der Waals surface area contributed by atoms with Crippen molar-refractivity contribution < 1.29 is 23.4 Å². The lowest BCUT2D eigenvalue weighted by Gasteiger charge is -2.32. The Morgan fingerprint density at radius 1 is 1.09 bits per heavy atom. The van der Waals surface area contributed by atoms with Crippen LogP contribution in [-0.2, 0) is 4.79 Å². The van der Waals surface area contributed by atoms with Crippen molar-refractivity contribution in [2.75, 3.05) is 39.2 Å². The number of ether oxygens (including phenoxy) is 3. The molecule has 4 rings (SSSR count). The first-order valence-electron chi connectivity index (χ1n) is 11.2. The van der Waals surface area contributed by atoms with Gasteiger partial charge in [-0.05, 0) is 56.2 Å². The van der Waals surface area contributed by atoms with Crippen molar-refractivity contribution in [3.63, 3.8) is 0 Å². The van der Waals surface area contributed by atoms with Gasteiger partial charge in [0.05, 0.1) is 32.1 Å². The molecule has 2 heterocycles. The van der Waals surface area contributed by atoms with Crippen molar-refractivity contribution in [3.8, 4) is 22.9 Å². The minimum atomic E-state index is -0.324. The molecule has 1 aliphatic rings. The zero-order chi connectivity index (χ0) is 24.1. The number of para-hydroxylation sites is 1. The van der Waals surface area contributed by atoms with Crippen LogP contribution in [-0.4, -0.2) is 60.5 Å². The number of rotatable bonds is 8. The molecule has 1 amide bonds. The second kappa shape index (κ2) is 10.6. The van der Waals surface area contributed by atoms with Gasteiger partial charge in [0, 0.05) is 19.2 Å². The summed E-state index contributed by atoms with van der Waals surface area (Å²) in [6.07, 6.45) is 1.56. The van der Waals surface area contributed by atoms with Crippen LogP contribution in [0.25, 0.3) is 5.69 Å². The smallest absolute Gasteiger partial charge is 0.239 e. The summed E-state index contributed by atoms with van der Waals surface area (Å²) >= 11 is 0. The number of piperidine rings is 1. The molecule has 34 heavy (non-hydrogen) atoms. The maximum atomic E-state index is 13.3. The first-order chi connectivity index (χ1) is 16.5. The Kier molecular flexibility index (Phi) is 7.32. The summed E-state index contributed by atoms with van der Waals surface area (Å²) in [5, 5.41) is 7.35. The number of likely N-dealkylation sites (tertiary alicyclic amines) is 1. The van der Waals surface area contributed by atoms with Crippen LogP contribution in [0.4, 0.5) is 10.2 Å². The second-order valence-corrected chi connectivity index (χ2v) is 8.19. The van der Waals surface area contributed by atoms with Gasteiger partial charge < -0.3 is 19.5 Å². The van der Waals surface area contributed by atoms with E-state index in [0.29, 0.717) is 28.8 Å². The quantitative estimate of drug-likeness (QED) is 0.542. The van der Waals surface area contributed by atoms with Crippen molar-refractivity contribution in [3.05, 3.63) is 60.0 Å². The van der Waals surface area contributed by atoms with Crippen molar-refractivity contribution in [2.24, 2.45) is 0 Å². The number of nitrogens with one attached hydrogen (secondary N) is 1. The number of hydrogen-bond acceptors (Lipinski definition) is 6. The highest BCUT2D eigenvalue weighted by Crippen LogP contribution is 2.38. The van der Waals surface area contributed by atoms with Crippen molar-refractivity contribution >= 4 is 11.7 Å². The van der Waals surface area contributed by atoms with Gasteiger partial charge in [-0.25, -0.2) is 9.07 Å². The Labute approximate surface area is 198 Å². The zero-order valence-corrected chi connectivity index (χ0v) is 19.6. The van der Waals surface area contributed by atoms with Crippen LogP contribution < -0.4 is 19.5 Å². The average molecular weight is 469 g/mol. The molecule has 1 aliphatic heterocycles. The normalized spacial score (nSPS) is 14.6. The number of nitrogens with zero attached hydrogens (tertiary/aromatic N) is 3. The predicted octanol–water partition coefficient (Wildman–Crippen LogP) is 3.82. The fourth-order valence-electron chi connectivity index (χ4n) is 4.04. The molecular formula is C25H29FN4O4. The molecule has 180 valence electrons. The molecule has 9 heteroatoms. The first kappa shape index (κ1) is 23.6. The number of benzene rings is 2. The maximum Gasteiger partial charge on any atom is 0.239 e. The lowest BCUT2D eigenvalue weighted by molar-refractivity contribution is -0.117. The largest absolute Gasteiger partial charge is 0.493 e. The average Bonchev–Trinajstić information content (AvgIpc) is 3.20. The van der Waals surface area contributed by atoms with Gasteiger partial charge in [-0.2, -0.15) is 5.10 Å². The van der Waals surface area contributed by atoms with Gasteiger partial charge >= 0.3 is 0 Å². The van der Waals surface area contributed by atoms with Crippen LogP contribution >= 0.6 is 0 Å². The highest BCUT2D eigenvalue weighted by molar-refractivity contribution is 5.91. The molecule has 0 saturated carbocycles. The Morgan fingerprint density at radius 3 is 2.35 bits per heavy atom. The van der Waals surface area contributed by atoms with E-state index in [1.165, 1.54) is 12.1 Å². The molecule has 1 aromatic heterocycles. The number of carbonyl (C=O) groups is 1. The molecule has 1 N–H and O–H groups in total. The van der Waals surface area contributed by atoms with E-state index < -0.39 is 0 Å². The summed E-state index contributed by atoms with van der Waals surface area (Å²) in [7, 11) is 3.21. The molecule has 0 bridgehead atoms. The number of anilines is 1. The number of methoxy groups -OCH3 is 2. The van der Waals surface area contributed by atoms with Gasteiger partial charge in [0.2, 0.25) is 11.7 Å². The van der Waals surface area contributed by atoms with Gasteiger partial charge in [0.15, 0.2) is 11.5 Å². The highest BCUT2D eigenvalue weighted by Gasteiger charge is 2.25. The number of carbonyl (C=O) groups excluding carboxylic acids is 1. The molecular weight excluding hydrogens is 439 g/mol. The second-order valence-electron chi connectivity index (χ2n) is 8.19. The predicted molar refractivity (Wildman–Crippen MR) is 127 cm³/mol. The van der Waals surface area contributed by atoms with Crippen molar-refractivity contribution in [1.82, 2.24) is 14.7 Å². The number of aromatic nitrogens is 2. The SMILES string of the molecule is COc1cccc(OC)c1OC1CCN(CC(=O)Nc2cc(C)nn2-c2ccc(F)cc2)CC1. The molecule has 0 spiro atoms. The summed E-state index contributed by atoms with van der Waals surface area (Å²) in [5.41, 5.74) is 1.43. The molecule has 0 unspecified atom stereocenters. The third-order valence-corrected chi connectivity index (χ3v) is 5.74. The fourth-order valence-corrected chi connectivity index (χ4v) is 4.04. The monoisotopic (exact) mass is 468 g/mol. The Morgan fingerprint density at radius 2 is 1.74 bits per heavy atom. The molecule has 0 aliphatic carbocycles. The van der Waals surface area contributed by atoms with Crippen LogP contribution in [0.15, 0.2) is 48.5 Å². The van der Waals surface area contributed by atoms with E-state index in [4.69, 9.17) is 14.2 Å². The van der Waals surface area contributed by atoms with Crippen molar-refractivity contribution in [2.45, 2.75) is 25.9 Å². The topological polar surface area (TPSA) is 77.8 Å². The third-order valence-electron chi connectivity index (χ3n) is 5.74. The maximum absolute atomic E-state index is 13.3. The molecule has 2 aromatic carbocycles. The number of hydrogen-bond donors (Lipinski definition) is 1.